The molecule has 0 bridgehead atoms. The summed E-state index contributed by atoms with van der Waals surface area (Å²) >= 11 is 0. The highest BCUT2D eigenvalue weighted by molar-refractivity contribution is 7.89. The van der Waals surface area contributed by atoms with E-state index in [-0.39, 0.29) is 30.3 Å². The van der Waals surface area contributed by atoms with E-state index in [9.17, 15) is 36.3 Å². The monoisotopic (exact) mass is 448 g/mol. The first kappa shape index (κ1) is 21.6. The number of H-pyrrole nitrogens is 1. The number of nitrogens with one attached hydrogen (secondary N) is 1. The van der Waals surface area contributed by atoms with Crippen molar-refractivity contribution in [3.8, 4) is 5.75 Å². The smallest absolute Gasteiger partial charge is 0.480 e. The van der Waals surface area contributed by atoms with Crippen LogP contribution in [0.5, 0.6) is 5.75 Å². The Kier molecular flexibility index (Phi) is 5.72. The van der Waals surface area contributed by atoms with E-state index in [1.54, 1.807) is 0 Å². The lowest BCUT2D eigenvalue weighted by Gasteiger charge is -2.39. The van der Waals surface area contributed by atoms with E-state index >= 15 is 0 Å². The topological polar surface area (TPSA) is 133 Å². The number of hydrogen-bond donors (Lipinski definition) is 2. The molecular formula is C16H15F3N4O6S. The van der Waals surface area contributed by atoms with Gasteiger partial charge in [-0.05, 0) is 30.3 Å². The Morgan fingerprint density at radius 2 is 1.87 bits per heavy atom. The highest BCUT2D eigenvalue weighted by Crippen LogP contribution is 2.27. The van der Waals surface area contributed by atoms with Crippen LogP contribution < -0.4 is 15.3 Å². The average Bonchev–Trinajstić information content (AvgIpc) is 2.66. The molecule has 0 amide bonds. The molecule has 14 heteroatoms. The van der Waals surface area contributed by atoms with Gasteiger partial charge in [0, 0.05) is 25.8 Å². The van der Waals surface area contributed by atoms with Crippen LogP contribution in [0.1, 0.15) is 0 Å². The van der Waals surface area contributed by atoms with E-state index in [0.717, 1.165) is 28.6 Å². The van der Waals surface area contributed by atoms with Crippen LogP contribution in [0.25, 0.3) is 0 Å². The molecule has 1 aliphatic rings. The van der Waals surface area contributed by atoms with Gasteiger partial charge in [0.25, 0.3) is 0 Å². The number of aliphatic carboxylic acids is 1. The summed E-state index contributed by atoms with van der Waals surface area (Å²) in [5.41, 5.74) is -0.643. The van der Waals surface area contributed by atoms with Gasteiger partial charge in [-0.3, -0.25) is 9.78 Å². The Balaban J connectivity index is 1.84. The number of sulfonamides is 1. The van der Waals surface area contributed by atoms with Crippen molar-refractivity contribution in [2.24, 2.45) is 0 Å². The first-order valence-corrected chi connectivity index (χ1v) is 9.82. The number of halogens is 3. The Morgan fingerprint density at radius 3 is 2.43 bits per heavy atom. The number of aromatic nitrogens is 2. The Labute approximate surface area is 167 Å². The SMILES string of the molecule is O=C(O)[C@H]1CN(c2ccnc(=O)[nH]2)CCN1S(=O)(=O)c1ccc(OC(F)(F)F)cc1. The summed E-state index contributed by atoms with van der Waals surface area (Å²) in [5, 5.41) is 9.55. The minimum Gasteiger partial charge on any atom is -0.480 e. The molecule has 2 heterocycles. The summed E-state index contributed by atoms with van der Waals surface area (Å²) in [4.78, 5) is 30.1. The van der Waals surface area contributed by atoms with Gasteiger partial charge in [0.1, 0.15) is 17.6 Å². The Hall–Kier alpha value is -3.13. The number of carbonyl (C=O) groups is 1. The summed E-state index contributed by atoms with van der Waals surface area (Å²) < 4.78 is 67.1. The molecule has 2 N–H and O–H groups in total. The Morgan fingerprint density at radius 1 is 1.20 bits per heavy atom. The first-order chi connectivity index (χ1) is 14.0. The summed E-state index contributed by atoms with van der Waals surface area (Å²) in [6, 6.07) is 3.42. The van der Waals surface area contributed by atoms with Gasteiger partial charge in [0.15, 0.2) is 0 Å². The summed E-state index contributed by atoms with van der Waals surface area (Å²) in [6.45, 7) is -0.424. The number of carboxylic acids is 1. The van der Waals surface area contributed by atoms with Crippen molar-refractivity contribution in [2.75, 3.05) is 24.5 Å². The molecule has 1 aromatic carbocycles. The zero-order valence-electron chi connectivity index (χ0n) is 15.0. The maximum atomic E-state index is 12.9. The number of aromatic amines is 1. The number of piperazine rings is 1. The highest BCUT2D eigenvalue weighted by atomic mass is 32.2. The molecule has 1 atom stereocenters. The number of rotatable bonds is 5. The first-order valence-electron chi connectivity index (χ1n) is 8.38. The predicted octanol–water partition coefficient (Wildman–Crippen LogP) is 0.633. The third kappa shape index (κ3) is 4.71. The third-order valence-electron chi connectivity index (χ3n) is 4.28. The minimum absolute atomic E-state index is 0.0677. The molecule has 1 aliphatic heterocycles. The molecule has 0 aliphatic carbocycles. The van der Waals surface area contributed by atoms with Gasteiger partial charge in [0.2, 0.25) is 10.0 Å². The van der Waals surface area contributed by atoms with E-state index < -0.39 is 39.8 Å². The second kappa shape index (κ2) is 7.95. The highest BCUT2D eigenvalue weighted by Gasteiger charge is 2.40. The fraction of sp³-hybridized carbons (Fsp3) is 0.312. The molecule has 1 aromatic heterocycles. The number of benzene rings is 1. The molecule has 1 fully saturated rings. The van der Waals surface area contributed by atoms with Gasteiger partial charge in [0.05, 0.1) is 4.90 Å². The maximum absolute atomic E-state index is 12.9. The molecule has 3 rings (SSSR count). The quantitative estimate of drug-likeness (QED) is 0.681. The third-order valence-corrected chi connectivity index (χ3v) is 6.20. The van der Waals surface area contributed by atoms with Crippen molar-refractivity contribution in [1.82, 2.24) is 14.3 Å². The molecule has 0 saturated carbocycles. The fourth-order valence-corrected chi connectivity index (χ4v) is 4.53. The Bertz CT molecular complexity index is 1090. The van der Waals surface area contributed by atoms with Gasteiger partial charge in [-0.25, -0.2) is 18.2 Å². The number of nitrogens with zero attached hydrogens (tertiary/aromatic N) is 3. The van der Waals surface area contributed by atoms with E-state index in [0.29, 0.717) is 0 Å². The van der Waals surface area contributed by atoms with Crippen LogP contribution in [0, 0.1) is 0 Å². The number of alkyl halides is 3. The van der Waals surface area contributed by atoms with Crippen molar-refractivity contribution in [1.29, 1.82) is 0 Å². The van der Waals surface area contributed by atoms with Gasteiger partial charge in [-0.15, -0.1) is 13.2 Å². The molecular weight excluding hydrogens is 433 g/mol. The van der Waals surface area contributed by atoms with E-state index in [4.69, 9.17) is 0 Å². The van der Waals surface area contributed by atoms with Crippen LogP contribution >= 0.6 is 0 Å². The second-order valence-corrected chi connectivity index (χ2v) is 8.09. The van der Waals surface area contributed by atoms with Crippen LogP contribution in [0.2, 0.25) is 0 Å². The van der Waals surface area contributed by atoms with Gasteiger partial charge >= 0.3 is 18.0 Å². The van der Waals surface area contributed by atoms with E-state index in [2.05, 4.69) is 14.7 Å². The molecule has 30 heavy (non-hydrogen) atoms. The lowest BCUT2D eigenvalue weighted by atomic mass is 10.2. The lowest BCUT2D eigenvalue weighted by molar-refractivity contribution is -0.274. The fourth-order valence-electron chi connectivity index (χ4n) is 2.97. The van der Waals surface area contributed by atoms with Gasteiger partial charge in [-0.1, -0.05) is 0 Å². The number of carboxylic acid groups (broad SMARTS) is 1. The zero-order chi connectivity index (χ0) is 22.1. The van der Waals surface area contributed by atoms with Crippen LogP contribution in [0.4, 0.5) is 19.0 Å². The largest absolute Gasteiger partial charge is 0.573 e. The van der Waals surface area contributed by atoms with Crippen LogP contribution in [-0.2, 0) is 14.8 Å². The molecule has 0 unspecified atom stereocenters. The minimum atomic E-state index is -4.93. The summed E-state index contributed by atoms with van der Waals surface area (Å²) in [7, 11) is -4.33. The summed E-state index contributed by atoms with van der Waals surface area (Å²) in [5.74, 6) is -1.74. The molecule has 162 valence electrons. The maximum Gasteiger partial charge on any atom is 0.573 e. The molecule has 2 aromatic rings. The van der Waals surface area contributed by atoms with Crippen LogP contribution in [0.3, 0.4) is 0 Å². The van der Waals surface area contributed by atoms with Crippen molar-refractivity contribution in [3.05, 3.63) is 47.0 Å². The van der Waals surface area contributed by atoms with E-state index in [1.807, 2.05) is 0 Å². The molecule has 0 spiro atoms. The molecule has 1 saturated heterocycles. The summed E-state index contributed by atoms with van der Waals surface area (Å²) in [6.07, 6.45) is -3.70. The number of hydrogen-bond acceptors (Lipinski definition) is 7. The number of ether oxygens (including phenoxy) is 1. The lowest BCUT2D eigenvalue weighted by Crippen LogP contribution is -2.58. The molecule has 0 radical (unpaired) electrons. The van der Waals surface area contributed by atoms with Gasteiger partial charge < -0.3 is 14.7 Å². The normalized spacial score (nSPS) is 18.2. The van der Waals surface area contributed by atoms with Crippen molar-refractivity contribution >= 4 is 21.8 Å². The molecule has 10 nitrogen and oxygen atoms in total. The van der Waals surface area contributed by atoms with Crippen molar-refractivity contribution < 1.29 is 36.2 Å². The standard InChI is InChI=1S/C16H15F3N4O6S/c17-16(18,19)29-10-1-3-11(4-2-10)30(27,28)23-8-7-22(9-12(23)14(24)25)13-5-6-20-15(26)21-13/h1-6,12H,7-9H2,(H,24,25)(H,20,21,26)/t12-/m1/s1. The van der Waals surface area contributed by atoms with Gasteiger partial charge in [-0.2, -0.15) is 4.31 Å². The van der Waals surface area contributed by atoms with E-state index in [1.165, 1.54) is 17.2 Å². The van der Waals surface area contributed by atoms with Crippen LogP contribution in [-0.4, -0.2) is 65.8 Å². The predicted molar refractivity (Wildman–Crippen MR) is 95.5 cm³/mol. The van der Waals surface area contributed by atoms with Crippen molar-refractivity contribution in [3.63, 3.8) is 0 Å². The zero-order valence-corrected chi connectivity index (χ0v) is 15.9. The van der Waals surface area contributed by atoms with Crippen molar-refractivity contribution in [2.45, 2.75) is 17.3 Å². The second-order valence-electron chi connectivity index (χ2n) is 6.20. The average molecular weight is 448 g/mol. The number of anilines is 1. The van der Waals surface area contributed by atoms with Crippen LogP contribution in [0.15, 0.2) is 46.2 Å².